The topological polar surface area (TPSA) is 38.3 Å². The highest BCUT2D eigenvalue weighted by molar-refractivity contribution is 5.71. The van der Waals surface area contributed by atoms with Crippen LogP contribution in [0.15, 0.2) is 0 Å². The van der Waals surface area contributed by atoms with Crippen LogP contribution in [-0.4, -0.2) is 26.2 Å². The summed E-state index contributed by atoms with van der Waals surface area (Å²) in [6.45, 7) is 4.14. The van der Waals surface area contributed by atoms with Gasteiger partial charge >= 0.3 is 5.97 Å². The lowest BCUT2D eigenvalue weighted by Crippen LogP contribution is -2.29. The number of ether oxygens (including phenoxy) is 1. The minimum Gasteiger partial charge on any atom is -0.469 e. The van der Waals surface area contributed by atoms with Gasteiger partial charge < -0.3 is 10.1 Å². The van der Waals surface area contributed by atoms with Crippen LogP contribution in [0.1, 0.15) is 26.2 Å². The number of nitrogens with one attached hydrogen (secondary N) is 1. The number of methoxy groups -OCH3 is 1. The predicted octanol–water partition coefficient (Wildman–Crippen LogP) is 1.19. The first kappa shape index (κ1) is 10.5. The zero-order valence-corrected chi connectivity index (χ0v) is 8.51. The second kappa shape index (κ2) is 5.22. The molecule has 13 heavy (non-hydrogen) atoms. The van der Waals surface area contributed by atoms with Crippen molar-refractivity contribution in [1.29, 1.82) is 0 Å². The Bertz CT molecular complexity index is 164. The molecule has 1 atom stereocenters. The molecule has 0 amide bonds. The molecular formula is C10H19NO2. The highest BCUT2D eigenvalue weighted by Crippen LogP contribution is 2.21. The molecule has 0 aromatic carbocycles. The third-order valence-electron chi connectivity index (χ3n) is 2.75. The van der Waals surface area contributed by atoms with Crippen LogP contribution >= 0.6 is 0 Å². The maximum Gasteiger partial charge on any atom is 0.308 e. The zero-order chi connectivity index (χ0) is 9.68. The molecule has 76 valence electrons. The molecule has 1 fully saturated rings. The maximum absolute atomic E-state index is 11.1. The minimum atomic E-state index is -0.0708. The number of carbonyl (C=O) groups excluding carboxylic acids is 1. The molecule has 1 unspecified atom stereocenters. The third kappa shape index (κ3) is 3.35. The van der Waals surface area contributed by atoms with Crippen molar-refractivity contribution >= 4 is 5.97 Å². The Morgan fingerprint density at radius 2 is 2.15 bits per heavy atom. The van der Waals surface area contributed by atoms with Crippen molar-refractivity contribution in [2.45, 2.75) is 26.2 Å². The van der Waals surface area contributed by atoms with E-state index in [1.807, 2.05) is 6.92 Å². The summed E-state index contributed by atoms with van der Waals surface area (Å²) in [5, 5.41) is 3.31. The van der Waals surface area contributed by atoms with Gasteiger partial charge in [-0.05, 0) is 38.3 Å². The number of hydrogen-bond acceptors (Lipinski definition) is 3. The molecule has 0 spiro atoms. The van der Waals surface area contributed by atoms with Gasteiger partial charge in [0.05, 0.1) is 13.0 Å². The van der Waals surface area contributed by atoms with Gasteiger partial charge in [-0.25, -0.2) is 0 Å². The van der Waals surface area contributed by atoms with Crippen LogP contribution < -0.4 is 5.32 Å². The fraction of sp³-hybridized carbons (Fsp3) is 0.900. The van der Waals surface area contributed by atoms with Crippen LogP contribution in [0.4, 0.5) is 0 Å². The van der Waals surface area contributed by atoms with E-state index in [1.54, 1.807) is 0 Å². The molecule has 0 aromatic heterocycles. The maximum atomic E-state index is 11.1. The van der Waals surface area contributed by atoms with Gasteiger partial charge in [0.1, 0.15) is 0 Å². The Hall–Kier alpha value is -0.570. The molecule has 0 aliphatic carbocycles. The molecule has 3 nitrogen and oxygen atoms in total. The van der Waals surface area contributed by atoms with E-state index in [0.717, 1.165) is 19.5 Å². The Morgan fingerprint density at radius 1 is 1.54 bits per heavy atom. The largest absolute Gasteiger partial charge is 0.469 e. The van der Waals surface area contributed by atoms with Crippen LogP contribution in [-0.2, 0) is 9.53 Å². The molecular weight excluding hydrogens is 166 g/mol. The van der Waals surface area contributed by atoms with E-state index in [1.165, 1.54) is 20.0 Å². The predicted molar refractivity (Wildman–Crippen MR) is 51.4 cm³/mol. The van der Waals surface area contributed by atoms with E-state index in [0.29, 0.717) is 5.92 Å². The number of hydrogen-bond donors (Lipinski definition) is 1. The monoisotopic (exact) mass is 185 g/mol. The quantitative estimate of drug-likeness (QED) is 0.671. The molecule has 1 rings (SSSR count). The van der Waals surface area contributed by atoms with Crippen molar-refractivity contribution in [3.05, 3.63) is 0 Å². The lowest BCUT2D eigenvalue weighted by molar-refractivity contribution is -0.145. The standard InChI is InChI=1S/C10H19NO2/c1-8(10(12)13-2)7-9-3-5-11-6-4-9/h8-9,11H,3-7H2,1-2H3. The number of esters is 1. The average molecular weight is 185 g/mol. The first-order chi connectivity index (χ1) is 6.24. The normalized spacial score (nSPS) is 21.1. The molecule has 1 heterocycles. The van der Waals surface area contributed by atoms with E-state index >= 15 is 0 Å². The minimum absolute atomic E-state index is 0.0631. The highest BCUT2D eigenvalue weighted by Gasteiger charge is 2.20. The Kier molecular flexibility index (Phi) is 4.22. The van der Waals surface area contributed by atoms with Crippen LogP contribution in [0.2, 0.25) is 0 Å². The highest BCUT2D eigenvalue weighted by atomic mass is 16.5. The molecule has 3 heteroatoms. The lowest BCUT2D eigenvalue weighted by Gasteiger charge is -2.24. The summed E-state index contributed by atoms with van der Waals surface area (Å²) < 4.78 is 4.70. The summed E-state index contributed by atoms with van der Waals surface area (Å²) >= 11 is 0. The molecule has 1 saturated heterocycles. The summed E-state index contributed by atoms with van der Waals surface area (Å²) in [4.78, 5) is 11.1. The van der Waals surface area contributed by atoms with Gasteiger partial charge in [-0.3, -0.25) is 4.79 Å². The fourth-order valence-corrected chi connectivity index (χ4v) is 1.91. The Balaban J connectivity index is 2.25. The van der Waals surface area contributed by atoms with Crippen molar-refractivity contribution in [2.24, 2.45) is 11.8 Å². The Labute approximate surface area is 79.8 Å². The summed E-state index contributed by atoms with van der Waals surface area (Å²) in [5.74, 6) is 0.696. The summed E-state index contributed by atoms with van der Waals surface area (Å²) in [7, 11) is 1.46. The summed E-state index contributed by atoms with van der Waals surface area (Å²) in [5.41, 5.74) is 0. The SMILES string of the molecule is COC(=O)C(C)CC1CCNCC1. The van der Waals surface area contributed by atoms with E-state index < -0.39 is 0 Å². The van der Waals surface area contributed by atoms with Crippen molar-refractivity contribution in [2.75, 3.05) is 20.2 Å². The molecule has 0 radical (unpaired) electrons. The molecule has 0 saturated carbocycles. The van der Waals surface area contributed by atoms with Crippen LogP contribution in [0.25, 0.3) is 0 Å². The molecule has 0 bridgehead atoms. The zero-order valence-electron chi connectivity index (χ0n) is 8.51. The summed E-state index contributed by atoms with van der Waals surface area (Å²) in [6, 6.07) is 0. The van der Waals surface area contributed by atoms with Gasteiger partial charge in [0.25, 0.3) is 0 Å². The Morgan fingerprint density at radius 3 is 2.69 bits per heavy atom. The van der Waals surface area contributed by atoms with Crippen molar-refractivity contribution in [3.8, 4) is 0 Å². The number of piperidine rings is 1. The van der Waals surface area contributed by atoms with Crippen molar-refractivity contribution < 1.29 is 9.53 Å². The fourth-order valence-electron chi connectivity index (χ4n) is 1.91. The van der Waals surface area contributed by atoms with E-state index in [-0.39, 0.29) is 11.9 Å². The third-order valence-corrected chi connectivity index (χ3v) is 2.75. The number of rotatable bonds is 3. The lowest BCUT2D eigenvalue weighted by atomic mass is 9.89. The number of carbonyl (C=O) groups is 1. The molecule has 1 aliphatic heterocycles. The van der Waals surface area contributed by atoms with E-state index in [9.17, 15) is 4.79 Å². The smallest absolute Gasteiger partial charge is 0.308 e. The van der Waals surface area contributed by atoms with E-state index in [2.05, 4.69) is 5.32 Å². The summed E-state index contributed by atoms with van der Waals surface area (Å²) in [6.07, 6.45) is 3.37. The second-order valence-corrected chi connectivity index (χ2v) is 3.85. The van der Waals surface area contributed by atoms with Gasteiger partial charge in [0.15, 0.2) is 0 Å². The van der Waals surface area contributed by atoms with Gasteiger partial charge in [-0.2, -0.15) is 0 Å². The first-order valence-corrected chi connectivity index (χ1v) is 5.02. The molecule has 1 N–H and O–H groups in total. The van der Waals surface area contributed by atoms with Crippen LogP contribution in [0.5, 0.6) is 0 Å². The van der Waals surface area contributed by atoms with Crippen LogP contribution in [0.3, 0.4) is 0 Å². The molecule has 1 aliphatic rings. The second-order valence-electron chi connectivity index (χ2n) is 3.85. The van der Waals surface area contributed by atoms with Gasteiger partial charge in [0, 0.05) is 0 Å². The van der Waals surface area contributed by atoms with Gasteiger partial charge in [-0.15, -0.1) is 0 Å². The first-order valence-electron chi connectivity index (χ1n) is 5.02. The van der Waals surface area contributed by atoms with Gasteiger partial charge in [-0.1, -0.05) is 6.92 Å². The van der Waals surface area contributed by atoms with Crippen molar-refractivity contribution in [1.82, 2.24) is 5.32 Å². The van der Waals surface area contributed by atoms with Gasteiger partial charge in [0.2, 0.25) is 0 Å². The van der Waals surface area contributed by atoms with Crippen LogP contribution in [0, 0.1) is 11.8 Å². The van der Waals surface area contributed by atoms with E-state index in [4.69, 9.17) is 4.74 Å². The average Bonchev–Trinajstić information content (AvgIpc) is 2.18. The van der Waals surface area contributed by atoms with Crippen molar-refractivity contribution in [3.63, 3.8) is 0 Å². The molecule has 0 aromatic rings.